The minimum absolute atomic E-state index is 0.00789. The van der Waals surface area contributed by atoms with Crippen LogP contribution in [0, 0.1) is 34.5 Å². The molecule has 3 heteroatoms. The molecule has 0 heterocycles. The van der Waals surface area contributed by atoms with Gasteiger partial charge in [0.05, 0.1) is 12.2 Å². The molecule has 1 unspecified atom stereocenters. The highest BCUT2D eigenvalue weighted by Crippen LogP contribution is 2.65. The smallest absolute Gasteiger partial charge is 0.139 e. The van der Waals surface area contributed by atoms with Gasteiger partial charge in [-0.1, -0.05) is 13.8 Å². The Balaban J connectivity index is 1.61. The summed E-state index contributed by atoms with van der Waals surface area (Å²) in [6.07, 6.45) is 8.34. The van der Waals surface area contributed by atoms with Gasteiger partial charge in [-0.15, -0.1) is 0 Å². The molecule has 0 aromatic rings. The van der Waals surface area contributed by atoms with Crippen molar-refractivity contribution in [2.75, 3.05) is 6.61 Å². The van der Waals surface area contributed by atoms with Crippen LogP contribution in [0.3, 0.4) is 0 Å². The number of aliphatic hydroxyl groups is 1. The van der Waals surface area contributed by atoms with E-state index in [1.54, 1.807) is 0 Å². The van der Waals surface area contributed by atoms with Crippen LogP contribution in [0.15, 0.2) is 0 Å². The Morgan fingerprint density at radius 1 is 1.17 bits per heavy atom. The number of aliphatic hydroxyl groups excluding tert-OH is 1. The molecule has 0 aliphatic heterocycles. The number of rotatable bonds is 2. The van der Waals surface area contributed by atoms with E-state index in [1.807, 2.05) is 6.92 Å². The summed E-state index contributed by atoms with van der Waals surface area (Å²) < 4.78 is 5.91. The molecule has 0 saturated heterocycles. The fraction of sp³-hybridized carbons (Fsp3) is 0.952. The van der Waals surface area contributed by atoms with E-state index in [4.69, 9.17) is 4.74 Å². The van der Waals surface area contributed by atoms with Gasteiger partial charge in [-0.25, -0.2) is 0 Å². The quantitative estimate of drug-likeness (QED) is 0.831. The van der Waals surface area contributed by atoms with Gasteiger partial charge in [0, 0.05) is 18.4 Å². The number of ketones is 1. The fourth-order valence-electron chi connectivity index (χ4n) is 7.41. The second-order valence-electron chi connectivity index (χ2n) is 9.58. The SMILES string of the molecule is CCO[C@H]1C[C@@]2(C)C(CC[C@@H]3[C@@H]2CC[C@]2(C)C(=O)CC[C@@H]32)C[C@@H]1O. The molecule has 4 rings (SSSR count). The molecule has 1 N–H and O–H groups in total. The molecule has 4 fully saturated rings. The van der Waals surface area contributed by atoms with Crippen molar-refractivity contribution in [1.82, 2.24) is 0 Å². The molecular formula is C21H34O3. The van der Waals surface area contributed by atoms with Crippen LogP contribution in [0.25, 0.3) is 0 Å². The van der Waals surface area contributed by atoms with Crippen LogP contribution in [0.4, 0.5) is 0 Å². The number of carbonyl (C=O) groups excluding carboxylic acids is 1. The van der Waals surface area contributed by atoms with Crippen LogP contribution in [-0.4, -0.2) is 29.7 Å². The summed E-state index contributed by atoms with van der Waals surface area (Å²) >= 11 is 0. The predicted molar refractivity (Wildman–Crippen MR) is 93.5 cm³/mol. The molecule has 136 valence electrons. The Morgan fingerprint density at radius 3 is 2.71 bits per heavy atom. The van der Waals surface area contributed by atoms with E-state index < -0.39 is 0 Å². The van der Waals surface area contributed by atoms with Gasteiger partial charge >= 0.3 is 0 Å². The molecule has 4 aliphatic carbocycles. The van der Waals surface area contributed by atoms with Gasteiger partial charge in [0.1, 0.15) is 5.78 Å². The van der Waals surface area contributed by atoms with E-state index in [-0.39, 0.29) is 23.0 Å². The van der Waals surface area contributed by atoms with E-state index in [2.05, 4.69) is 13.8 Å². The minimum atomic E-state index is -0.290. The summed E-state index contributed by atoms with van der Waals surface area (Å²) in [6, 6.07) is 0. The highest BCUT2D eigenvalue weighted by molar-refractivity contribution is 5.87. The lowest BCUT2D eigenvalue weighted by molar-refractivity contribution is -0.170. The second-order valence-corrected chi connectivity index (χ2v) is 9.58. The molecule has 3 nitrogen and oxygen atoms in total. The first-order valence-electron chi connectivity index (χ1n) is 10.2. The Kier molecular flexibility index (Phi) is 4.12. The molecular weight excluding hydrogens is 300 g/mol. The minimum Gasteiger partial charge on any atom is -0.390 e. The number of hydrogen-bond donors (Lipinski definition) is 1. The van der Waals surface area contributed by atoms with Gasteiger partial charge in [-0.2, -0.15) is 0 Å². The predicted octanol–water partition coefficient (Wildman–Crippen LogP) is 3.97. The number of Topliss-reactive ketones (excluding diaryl/α,β-unsaturated/α-hetero) is 1. The fourth-order valence-corrected chi connectivity index (χ4v) is 7.41. The van der Waals surface area contributed by atoms with Crippen LogP contribution in [0.2, 0.25) is 0 Å². The van der Waals surface area contributed by atoms with E-state index in [0.29, 0.717) is 30.1 Å². The lowest BCUT2D eigenvalue weighted by Gasteiger charge is -2.61. The summed E-state index contributed by atoms with van der Waals surface area (Å²) in [5, 5.41) is 10.5. The molecule has 4 saturated carbocycles. The number of ether oxygens (including phenoxy) is 1. The summed E-state index contributed by atoms with van der Waals surface area (Å²) in [7, 11) is 0. The highest BCUT2D eigenvalue weighted by Gasteiger charge is 2.61. The molecule has 0 aromatic heterocycles. The van der Waals surface area contributed by atoms with E-state index in [1.165, 1.54) is 19.3 Å². The third-order valence-electron chi connectivity index (χ3n) is 8.75. The van der Waals surface area contributed by atoms with E-state index in [9.17, 15) is 9.90 Å². The monoisotopic (exact) mass is 334 g/mol. The first kappa shape index (κ1) is 17.0. The largest absolute Gasteiger partial charge is 0.390 e. The van der Waals surface area contributed by atoms with Crippen LogP contribution in [0.5, 0.6) is 0 Å². The first-order valence-corrected chi connectivity index (χ1v) is 10.2. The molecule has 8 atom stereocenters. The number of carbonyl (C=O) groups is 1. The zero-order valence-corrected chi connectivity index (χ0v) is 15.6. The Morgan fingerprint density at radius 2 is 1.96 bits per heavy atom. The van der Waals surface area contributed by atoms with Crippen LogP contribution in [-0.2, 0) is 9.53 Å². The van der Waals surface area contributed by atoms with Gasteiger partial charge in [0.15, 0.2) is 0 Å². The van der Waals surface area contributed by atoms with Crippen LogP contribution in [0.1, 0.15) is 72.1 Å². The molecule has 0 radical (unpaired) electrons. The third-order valence-corrected chi connectivity index (χ3v) is 8.75. The lowest BCUT2D eigenvalue weighted by atomic mass is 9.45. The Bertz CT molecular complexity index is 517. The zero-order valence-electron chi connectivity index (χ0n) is 15.6. The Labute approximate surface area is 146 Å². The third kappa shape index (κ3) is 2.26. The average molecular weight is 335 g/mol. The van der Waals surface area contributed by atoms with Gasteiger partial charge in [0.25, 0.3) is 0 Å². The van der Waals surface area contributed by atoms with Gasteiger partial charge < -0.3 is 9.84 Å². The van der Waals surface area contributed by atoms with Crippen molar-refractivity contribution in [3.63, 3.8) is 0 Å². The van der Waals surface area contributed by atoms with Crippen molar-refractivity contribution in [3.8, 4) is 0 Å². The van der Waals surface area contributed by atoms with Crippen molar-refractivity contribution in [1.29, 1.82) is 0 Å². The highest BCUT2D eigenvalue weighted by atomic mass is 16.5. The molecule has 24 heavy (non-hydrogen) atoms. The first-order chi connectivity index (χ1) is 11.4. The summed E-state index contributed by atoms with van der Waals surface area (Å²) in [6.45, 7) is 7.45. The Hall–Kier alpha value is -0.410. The molecule has 0 amide bonds. The van der Waals surface area contributed by atoms with Crippen LogP contribution < -0.4 is 0 Å². The maximum absolute atomic E-state index is 12.5. The summed E-state index contributed by atoms with van der Waals surface area (Å²) in [5.74, 6) is 3.21. The van der Waals surface area contributed by atoms with Gasteiger partial charge in [-0.3, -0.25) is 4.79 Å². The van der Waals surface area contributed by atoms with Gasteiger partial charge in [-0.05, 0) is 81.0 Å². The van der Waals surface area contributed by atoms with Gasteiger partial charge in [0.2, 0.25) is 0 Å². The normalized spacial score (nSPS) is 54.1. The maximum Gasteiger partial charge on any atom is 0.139 e. The van der Waals surface area contributed by atoms with Crippen LogP contribution >= 0.6 is 0 Å². The molecule has 0 bridgehead atoms. The maximum atomic E-state index is 12.5. The molecule has 0 aromatic carbocycles. The molecule has 0 spiro atoms. The van der Waals surface area contributed by atoms with Crippen molar-refractivity contribution >= 4 is 5.78 Å². The van der Waals surface area contributed by atoms with Crippen molar-refractivity contribution in [3.05, 3.63) is 0 Å². The number of hydrogen-bond acceptors (Lipinski definition) is 3. The van der Waals surface area contributed by atoms with Crippen molar-refractivity contribution in [2.24, 2.45) is 34.5 Å². The standard InChI is InChI=1S/C21H34O3/c1-4-24-18-12-21(3)13(11-17(18)22)5-6-14-15-7-8-19(23)20(15,2)10-9-16(14)21/h13-18,22H,4-12H2,1-3H3/t13?,14-,15-,16-,17-,18-,20-,21-/m0/s1. The topological polar surface area (TPSA) is 46.5 Å². The lowest BCUT2D eigenvalue weighted by Crippen LogP contribution is -2.57. The second kappa shape index (κ2) is 5.81. The zero-order chi connectivity index (χ0) is 17.1. The summed E-state index contributed by atoms with van der Waals surface area (Å²) in [4.78, 5) is 12.5. The molecule has 4 aliphatic rings. The average Bonchev–Trinajstić information content (AvgIpc) is 2.85. The van der Waals surface area contributed by atoms with E-state index >= 15 is 0 Å². The van der Waals surface area contributed by atoms with E-state index in [0.717, 1.165) is 38.0 Å². The number of fused-ring (bicyclic) bond motifs is 5. The summed E-state index contributed by atoms with van der Waals surface area (Å²) in [5.41, 5.74) is 0.257. The van der Waals surface area contributed by atoms with Crippen molar-refractivity contribution < 1.29 is 14.6 Å². The van der Waals surface area contributed by atoms with Crippen molar-refractivity contribution in [2.45, 2.75) is 84.3 Å².